The molecule has 1 aromatic heterocycles. The average Bonchev–Trinajstić information content (AvgIpc) is 3.57. The molecule has 0 radical (unpaired) electrons. The Labute approximate surface area is 300 Å². The Balaban J connectivity index is 0.000000191. The highest BCUT2D eigenvalue weighted by atomic mass is 32.2. The molecule has 0 fully saturated rings. The number of nitrogens with one attached hydrogen (secondary N) is 2. The first-order chi connectivity index (χ1) is 23.6. The molecule has 0 unspecified atom stereocenters. The number of rotatable bonds is 8. The number of hydrogen-bond acceptors (Lipinski definition) is 7. The lowest BCUT2D eigenvalue weighted by atomic mass is 10.0. The number of hydrogen-bond donors (Lipinski definition) is 4. The second-order valence-corrected chi connectivity index (χ2v) is 14.0. The summed E-state index contributed by atoms with van der Waals surface area (Å²) in [6.45, 7) is 4.12. The number of benzene rings is 5. The second kappa shape index (κ2) is 16.4. The van der Waals surface area contributed by atoms with Gasteiger partial charge in [0.25, 0.3) is 11.8 Å². The fraction of sp³-hybridized carbons (Fsp3) is 0.100. The number of carbonyl (C=O) groups excluding carboxylic acids is 2. The summed E-state index contributed by atoms with van der Waals surface area (Å²) in [5, 5.41) is 7.94. The van der Waals surface area contributed by atoms with Gasteiger partial charge in [-0.3, -0.25) is 9.59 Å². The molecule has 0 aliphatic rings. The van der Waals surface area contributed by atoms with E-state index >= 15 is 0 Å². The lowest BCUT2D eigenvalue weighted by Gasteiger charge is -2.11. The van der Waals surface area contributed by atoms with Gasteiger partial charge in [0.1, 0.15) is 0 Å². The van der Waals surface area contributed by atoms with Gasteiger partial charge in [0, 0.05) is 25.8 Å². The van der Waals surface area contributed by atoms with Crippen molar-refractivity contribution >= 4 is 69.4 Å². The summed E-state index contributed by atoms with van der Waals surface area (Å²) >= 11 is 4.97. The molecule has 9 heteroatoms. The molecule has 0 spiro atoms. The van der Waals surface area contributed by atoms with Crippen molar-refractivity contribution in [3.05, 3.63) is 143 Å². The van der Waals surface area contributed by atoms with Crippen molar-refractivity contribution in [3.63, 3.8) is 0 Å². The molecular weight excluding hydrogens is 665 g/mol. The van der Waals surface area contributed by atoms with Crippen LogP contribution in [0.2, 0.25) is 0 Å². The van der Waals surface area contributed by atoms with Crippen molar-refractivity contribution < 1.29 is 9.59 Å². The molecule has 6 rings (SSSR count). The molecule has 2 amide bonds. The van der Waals surface area contributed by atoms with Crippen molar-refractivity contribution in [2.45, 2.75) is 23.6 Å². The molecule has 0 saturated carbocycles. The summed E-state index contributed by atoms with van der Waals surface area (Å²) in [7, 11) is 0. The summed E-state index contributed by atoms with van der Waals surface area (Å²) in [5.74, 6) is -0.325. The van der Waals surface area contributed by atoms with E-state index in [1.54, 1.807) is 34.9 Å². The first kappa shape index (κ1) is 35.3. The molecule has 0 atom stereocenters. The summed E-state index contributed by atoms with van der Waals surface area (Å²) in [5.41, 5.74) is 21.3. The van der Waals surface area contributed by atoms with Gasteiger partial charge in [0.05, 0.1) is 22.7 Å². The maximum atomic E-state index is 12.5. The summed E-state index contributed by atoms with van der Waals surface area (Å²) < 4.78 is 0. The minimum Gasteiger partial charge on any atom is -0.397 e. The van der Waals surface area contributed by atoms with Crippen molar-refractivity contribution in [3.8, 4) is 21.6 Å². The van der Waals surface area contributed by atoms with Gasteiger partial charge in [-0.15, -0.1) is 34.9 Å². The number of thioether (sulfide) groups is 2. The van der Waals surface area contributed by atoms with Gasteiger partial charge in [0.2, 0.25) is 0 Å². The third-order valence-corrected chi connectivity index (χ3v) is 10.3. The van der Waals surface area contributed by atoms with E-state index in [-0.39, 0.29) is 11.8 Å². The van der Waals surface area contributed by atoms with E-state index in [2.05, 4.69) is 60.2 Å². The van der Waals surface area contributed by atoms with Gasteiger partial charge in [-0.25, -0.2) is 0 Å². The van der Waals surface area contributed by atoms with Crippen LogP contribution in [0.5, 0.6) is 0 Å². The molecule has 0 aliphatic heterocycles. The number of amides is 2. The van der Waals surface area contributed by atoms with E-state index in [4.69, 9.17) is 11.5 Å². The number of nitrogen functional groups attached to an aromatic ring is 2. The molecule has 5 aromatic carbocycles. The zero-order valence-electron chi connectivity index (χ0n) is 27.7. The number of thiophene rings is 1. The third-order valence-electron chi connectivity index (χ3n) is 7.71. The number of nitrogens with two attached hydrogens (primary N) is 2. The van der Waals surface area contributed by atoms with E-state index in [0.717, 1.165) is 31.4 Å². The van der Waals surface area contributed by atoms with E-state index in [0.29, 0.717) is 33.9 Å². The topological polar surface area (TPSA) is 110 Å². The average molecular weight is 703 g/mol. The van der Waals surface area contributed by atoms with Crippen LogP contribution in [-0.4, -0.2) is 24.3 Å². The smallest absolute Gasteiger partial charge is 0.255 e. The molecule has 6 aromatic rings. The van der Waals surface area contributed by atoms with Crippen LogP contribution in [0, 0.1) is 13.8 Å². The molecule has 248 valence electrons. The minimum absolute atomic E-state index is 0.158. The molecule has 0 aliphatic carbocycles. The van der Waals surface area contributed by atoms with Crippen LogP contribution < -0.4 is 22.1 Å². The van der Waals surface area contributed by atoms with Crippen LogP contribution in [0.1, 0.15) is 31.8 Å². The Hall–Kier alpha value is -4.96. The number of aryl methyl sites for hydroxylation is 2. The maximum Gasteiger partial charge on any atom is 0.255 e. The molecule has 1 heterocycles. The van der Waals surface area contributed by atoms with Crippen molar-refractivity contribution in [2.75, 3.05) is 34.6 Å². The largest absolute Gasteiger partial charge is 0.397 e. The monoisotopic (exact) mass is 702 g/mol. The van der Waals surface area contributed by atoms with E-state index in [1.807, 2.05) is 97.4 Å². The van der Waals surface area contributed by atoms with E-state index in [9.17, 15) is 9.59 Å². The molecule has 6 N–H and O–H groups in total. The Morgan fingerprint density at radius 3 is 1.45 bits per heavy atom. The summed E-state index contributed by atoms with van der Waals surface area (Å²) in [6.07, 6.45) is 4.01. The quantitative estimate of drug-likeness (QED) is 0.0928. The lowest BCUT2D eigenvalue weighted by Crippen LogP contribution is -2.13. The zero-order valence-corrected chi connectivity index (χ0v) is 30.2. The Morgan fingerprint density at radius 2 is 1.00 bits per heavy atom. The molecule has 49 heavy (non-hydrogen) atoms. The Kier molecular flexibility index (Phi) is 11.9. The molecule has 0 bridgehead atoms. The highest BCUT2D eigenvalue weighted by Gasteiger charge is 2.12. The van der Waals surface area contributed by atoms with Crippen LogP contribution in [0.25, 0.3) is 21.6 Å². The molecule has 0 saturated heterocycles. The van der Waals surface area contributed by atoms with Crippen molar-refractivity contribution in [1.29, 1.82) is 0 Å². The standard InChI is InChI=1S/C21H20N2OS.C19H18N2OS2/c1-14-3-5-15(6-4-14)17-9-12-19(22)20(13-17)23-21(24)16-7-10-18(25-2)11-8-16;1-12-9-18(24-11-12)14-5-8-16(20)17(10-14)21-19(22)13-3-6-15(23-2)7-4-13/h3-13H,22H2,1-2H3,(H,23,24);3-11H,20H2,1-2H3,(H,21,22). The van der Waals surface area contributed by atoms with Gasteiger partial charge in [0.15, 0.2) is 0 Å². The van der Waals surface area contributed by atoms with Crippen LogP contribution in [0.3, 0.4) is 0 Å². The second-order valence-electron chi connectivity index (χ2n) is 11.3. The van der Waals surface area contributed by atoms with Crippen LogP contribution in [0.4, 0.5) is 22.7 Å². The van der Waals surface area contributed by atoms with Gasteiger partial charge in [-0.05, 0) is 133 Å². The normalized spacial score (nSPS) is 10.5. The lowest BCUT2D eigenvalue weighted by molar-refractivity contribution is 0.101. The molecular formula is C40H38N4O2S3. The first-order valence-corrected chi connectivity index (χ1v) is 18.8. The van der Waals surface area contributed by atoms with Crippen LogP contribution in [0.15, 0.2) is 130 Å². The highest BCUT2D eigenvalue weighted by Crippen LogP contribution is 2.32. The highest BCUT2D eigenvalue weighted by molar-refractivity contribution is 7.98. The molecule has 6 nitrogen and oxygen atoms in total. The van der Waals surface area contributed by atoms with Crippen molar-refractivity contribution in [2.24, 2.45) is 0 Å². The Bertz CT molecular complexity index is 2060. The van der Waals surface area contributed by atoms with E-state index in [1.165, 1.54) is 11.1 Å². The predicted octanol–water partition coefficient (Wildman–Crippen LogP) is 10.5. The Morgan fingerprint density at radius 1 is 0.551 bits per heavy atom. The number of anilines is 4. The SMILES string of the molecule is CSc1ccc(C(=O)Nc2cc(-c3cc(C)cs3)ccc2N)cc1.CSc1ccc(C(=O)Nc2cc(-c3ccc(C)cc3)ccc2N)cc1. The van der Waals surface area contributed by atoms with Crippen LogP contribution in [-0.2, 0) is 0 Å². The van der Waals surface area contributed by atoms with Gasteiger partial charge >= 0.3 is 0 Å². The van der Waals surface area contributed by atoms with Crippen LogP contribution >= 0.6 is 34.9 Å². The fourth-order valence-electron chi connectivity index (χ4n) is 4.86. The van der Waals surface area contributed by atoms with Gasteiger partial charge < -0.3 is 22.1 Å². The predicted molar refractivity (Wildman–Crippen MR) is 212 cm³/mol. The number of carbonyl (C=O) groups is 2. The van der Waals surface area contributed by atoms with Gasteiger partial charge in [-0.2, -0.15) is 0 Å². The maximum absolute atomic E-state index is 12.5. The van der Waals surface area contributed by atoms with Gasteiger partial charge in [-0.1, -0.05) is 42.0 Å². The minimum atomic E-state index is -0.166. The summed E-state index contributed by atoms with van der Waals surface area (Å²) in [6, 6.07) is 36.8. The zero-order chi connectivity index (χ0) is 34.9. The van der Waals surface area contributed by atoms with Crippen molar-refractivity contribution in [1.82, 2.24) is 0 Å². The third kappa shape index (κ3) is 9.35. The first-order valence-electron chi connectivity index (χ1n) is 15.5. The summed E-state index contributed by atoms with van der Waals surface area (Å²) in [4.78, 5) is 28.3. The van der Waals surface area contributed by atoms with E-state index < -0.39 is 0 Å². The fourth-order valence-corrected chi connectivity index (χ4v) is 6.58.